The van der Waals surface area contributed by atoms with Gasteiger partial charge in [0.15, 0.2) is 0 Å². The average Bonchev–Trinajstić information content (AvgIpc) is 3.22. The molecule has 32 heavy (non-hydrogen) atoms. The van der Waals surface area contributed by atoms with E-state index in [0.717, 1.165) is 17.0 Å². The van der Waals surface area contributed by atoms with E-state index < -0.39 is 34.7 Å². The molecule has 0 aliphatic carbocycles. The maximum absolute atomic E-state index is 15.0. The molecule has 0 spiro atoms. The third-order valence-electron chi connectivity index (χ3n) is 5.86. The Bertz CT molecular complexity index is 998. The fourth-order valence-electron chi connectivity index (χ4n) is 3.59. The molecule has 1 aromatic carbocycles. The van der Waals surface area contributed by atoms with E-state index in [2.05, 4.69) is 10.4 Å². The lowest BCUT2D eigenvalue weighted by molar-refractivity contribution is -0.163. The molecule has 1 aliphatic rings. The Morgan fingerprint density at radius 2 is 1.94 bits per heavy atom. The van der Waals surface area contributed by atoms with E-state index in [1.54, 1.807) is 17.8 Å². The van der Waals surface area contributed by atoms with Gasteiger partial charge in [-0.15, -0.1) is 0 Å². The zero-order valence-electron chi connectivity index (χ0n) is 18.2. The van der Waals surface area contributed by atoms with Crippen LogP contribution in [0.5, 0.6) is 0 Å². The normalized spacial score (nSPS) is 16.3. The summed E-state index contributed by atoms with van der Waals surface area (Å²) in [6.07, 6.45) is 3.78. The number of nitrogens with one attached hydrogen (secondary N) is 1. The van der Waals surface area contributed by atoms with Crippen LogP contribution in [0.25, 0.3) is 0 Å². The van der Waals surface area contributed by atoms with Crippen molar-refractivity contribution in [2.45, 2.75) is 57.6 Å². The summed E-state index contributed by atoms with van der Waals surface area (Å²) < 4.78 is 45.9. The topological polar surface area (TPSA) is 87.5 Å². The summed E-state index contributed by atoms with van der Waals surface area (Å²) in [6, 6.07) is 2.58. The number of piperidine rings is 1. The quantitative estimate of drug-likeness (QED) is 0.700. The fourth-order valence-corrected chi connectivity index (χ4v) is 3.59. The minimum absolute atomic E-state index is 0.0552. The summed E-state index contributed by atoms with van der Waals surface area (Å²) in [5.41, 5.74) is -2.01. The standard InChI is InChI=1S/C22H27F3N4O3/c1-4-21(32)7-9-28(10-8-21)20(31)22(24,25)17-11-15(5-6-18(17)23)19(30)27-16-12-26-29(13-16)14(2)3/h5-6,11-14,32H,4,7-10H2,1-3H3,(H,27,30). The third-order valence-corrected chi connectivity index (χ3v) is 5.86. The van der Waals surface area contributed by atoms with Crippen molar-refractivity contribution in [1.29, 1.82) is 0 Å². The van der Waals surface area contributed by atoms with E-state index in [0.29, 0.717) is 18.2 Å². The minimum Gasteiger partial charge on any atom is -0.390 e. The first-order valence-electron chi connectivity index (χ1n) is 10.5. The molecule has 1 aliphatic heterocycles. The summed E-state index contributed by atoms with van der Waals surface area (Å²) in [7, 11) is 0. The van der Waals surface area contributed by atoms with Gasteiger partial charge in [0, 0.05) is 30.9 Å². The van der Waals surface area contributed by atoms with Gasteiger partial charge in [-0.1, -0.05) is 6.92 Å². The highest BCUT2D eigenvalue weighted by Gasteiger charge is 2.47. The van der Waals surface area contributed by atoms with Gasteiger partial charge < -0.3 is 15.3 Å². The van der Waals surface area contributed by atoms with Gasteiger partial charge in [-0.3, -0.25) is 14.3 Å². The van der Waals surface area contributed by atoms with Crippen LogP contribution >= 0.6 is 0 Å². The van der Waals surface area contributed by atoms with E-state index in [1.165, 1.54) is 6.20 Å². The van der Waals surface area contributed by atoms with Crippen LogP contribution in [-0.2, 0) is 10.7 Å². The van der Waals surface area contributed by atoms with Gasteiger partial charge in [-0.05, 0) is 51.3 Å². The van der Waals surface area contributed by atoms with Crippen LogP contribution in [0.1, 0.15) is 62.0 Å². The molecule has 10 heteroatoms. The molecule has 2 amide bonds. The van der Waals surface area contributed by atoms with Crippen molar-refractivity contribution in [3.63, 3.8) is 0 Å². The molecule has 2 N–H and O–H groups in total. The van der Waals surface area contributed by atoms with E-state index >= 15 is 0 Å². The van der Waals surface area contributed by atoms with Crippen LogP contribution in [0, 0.1) is 5.82 Å². The summed E-state index contributed by atoms with van der Waals surface area (Å²) >= 11 is 0. The fraction of sp³-hybridized carbons (Fsp3) is 0.500. The number of hydrogen-bond donors (Lipinski definition) is 2. The number of likely N-dealkylation sites (tertiary alicyclic amines) is 1. The Balaban J connectivity index is 1.79. The van der Waals surface area contributed by atoms with Gasteiger partial charge in [-0.2, -0.15) is 13.9 Å². The average molecular weight is 452 g/mol. The Morgan fingerprint density at radius 3 is 2.50 bits per heavy atom. The molecule has 1 aromatic heterocycles. The van der Waals surface area contributed by atoms with Crippen molar-refractivity contribution in [1.82, 2.24) is 14.7 Å². The molecule has 0 radical (unpaired) electrons. The number of carbonyl (C=O) groups is 2. The monoisotopic (exact) mass is 452 g/mol. The van der Waals surface area contributed by atoms with Gasteiger partial charge >= 0.3 is 5.92 Å². The predicted molar refractivity (Wildman–Crippen MR) is 112 cm³/mol. The van der Waals surface area contributed by atoms with Crippen molar-refractivity contribution in [2.24, 2.45) is 0 Å². The van der Waals surface area contributed by atoms with E-state index in [1.807, 2.05) is 13.8 Å². The molecule has 0 unspecified atom stereocenters. The van der Waals surface area contributed by atoms with Crippen LogP contribution in [0.3, 0.4) is 0 Å². The molecule has 0 atom stereocenters. The molecule has 0 saturated carbocycles. The van der Waals surface area contributed by atoms with Gasteiger partial charge in [0.1, 0.15) is 5.82 Å². The number of carbonyl (C=O) groups excluding carboxylic acids is 2. The number of aromatic nitrogens is 2. The molecule has 1 saturated heterocycles. The number of aliphatic hydroxyl groups is 1. The molecular formula is C22H27F3N4O3. The summed E-state index contributed by atoms with van der Waals surface area (Å²) in [4.78, 5) is 26.0. The van der Waals surface area contributed by atoms with E-state index in [9.17, 15) is 27.9 Å². The van der Waals surface area contributed by atoms with Gasteiger partial charge in [-0.25, -0.2) is 4.39 Å². The zero-order chi connectivity index (χ0) is 23.7. The van der Waals surface area contributed by atoms with Gasteiger partial charge in [0.25, 0.3) is 11.8 Å². The van der Waals surface area contributed by atoms with Gasteiger partial charge in [0.05, 0.1) is 23.0 Å². The molecular weight excluding hydrogens is 425 g/mol. The molecule has 3 rings (SSSR count). The molecule has 2 aromatic rings. The summed E-state index contributed by atoms with van der Waals surface area (Å²) in [5, 5.41) is 16.9. The largest absolute Gasteiger partial charge is 0.390 e. The lowest BCUT2D eigenvalue weighted by Gasteiger charge is -2.38. The number of hydrogen-bond acceptors (Lipinski definition) is 4. The zero-order valence-corrected chi connectivity index (χ0v) is 18.2. The SMILES string of the molecule is CCC1(O)CCN(C(=O)C(F)(F)c2cc(C(=O)Nc3cnn(C(C)C)c3)ccc2F)CC1. The van der Waals surface area contributed by atoms with Crippen molar-refractivity contribution in [3.05, 3.63) is 47.5 Å². The molecule has 2 heterocycles. The first-order valence-corrected chi connectivity index (χ1v) is 10.5. The number of halogens is 3. The maximum atomic E-state index is 15.0. The minimum atomic E-state index is -4.16. The Labute approximate surface area is 184 Å². The Kier molecular flexibility index (Phi) is 6.64. The Morgan fingerprint density at radius 1 is 1.28 bits per heavy atom. The van der Waals surface area contributed by atoms with Crippen LogP contribution in [0.2, 0.25) is 0 Å². The highest BCUT2D eigenvalue weighted by atomic mass is 19.3. The molecule has 0 bridgehead atoms. The first kappa shape index (κ1) is 23.8. The maximum Gasteiger partial charge on any atom is 0.352 e. The lowest BCUT2D eigenvalue weighted by atomic mass is 9.88. The van der Waals surface area contributed by atoms with Crippen molar-refractivity contribution >= 4 is 17.5 Å². The number of nitrogens with zero attached hydrogens (tertiary/aromatic N) is 3. The van der Waals surface area contributed by atoms with Crippen LogP contribution in [0.15, 0.2) is 30.6 Å². The summed E-state index contributed by atoms with van der Waals surface area (Å²) in [6.45, 7) is 5.47. The molecule has 1 fully saturated rings. The number of amides is 2. The van der Waals surface area contributed by atoms with Gasteiger partial charge in [0.2, 0.25) is 0 Å². The van der Waals surface area contributed by atoms with Crippen molar-refractivity contribution < 1.29 is 27.9 Å². The molecule has 174 valence electrons. The van der Waals surface area contributed by atoms with Crippen LogP contribution in [0.4, 0.5) is 18.9 Å². The lowest BCUT2D eigenvalue weighted by Crippen LogP contribution is -2.50. The van der Waals surface area contributed by atoms with Crippen LogP contribution in [-0.4, -0.2) is 50.3 Å². The summed E-state index contributed by atoms with van der Waals surface area (Å²) in [5.74, 6) is -7.73. The van der Waals surface area contributed by atoms with E-state index in [4.69, 9.17) is 0 Å². The highest BCUT2D eigenvalue weighted by Crippen LogP contribution is 2.35. The number of anilines is 1. The first-order chi connectivity index (χ1) is 15.0. The molecule has 7 nitrogen and oxygen atoms in total. The third kappa shape index (κ3) is 4.79. The number of benzene rings is 1. The predicted octanol–water partition coefficient (Wildman–Crippen LogP) is 3.71. The van der Waals surface area contributed by atoms with Crippen LogP contribution < -0.4 is 5.32 Å². The Hall–Kier alpha value is -2.88. The number of rotatable bonds is 6. The van der Waals surface area contributed by atoms with E-state index in [-0.39, 0.29) is 37.5 Å². The second-order valence-electron chi connectivity index (χ2n) is 8.40. The van der Waals surface area contributed by atoms with Crippen molar-refractivity contribution in [2.75, 3.05) is 18.4 Å². The second-order valence-corrected chi connectivity index (χ2v) is 8.40. The van der Waals surface area contributed by atoms with Crippen molar-refractivity contribution in [3.8, 4) is 0 Å². The smallest absolute Gasteiger partial charge is 0.352 e. The highest BCUT2D eigenvalue weighted by molar-refractivity contribution is 6.04. The second kappa shape index (κ2) is 8.93. The number of alkyl halides is 2.